The van der Waals surface area contributed by atoms with Gasteiger partial charge in [-0.05, 0) is 31.4 Å². The van der Waals surface area contributed by atoms with E-state index in [1.807, 2.05) is 0 Å². The summed E-state index contributed by atoms with van der Waals surface area (Å²) in [5.74, 6) is 0.799. The highest BCUT2D eigenvalue weighted by molar-refractivity contribution is 5.95. The number of carbonyl (C=O) groups is 1. The molecule has 0 fully saturated rings. The molecule has 0 aliphatic carbocycles. The quantitative estimate of drug-likeness (QED) is 0.723. The molecule has 3 N–H and O–H groups in total. The molecule has 0 aliphatic heterocycles. The van der Waals surface area contributed by atoms with Crippen LogP contribution in [0.3, 0.4) is 0 Å². The summed E-state index contributed by atoms with van der Waals surface area (Å²) in [7, 11) is 1.54. The summed E-state index contributed by atoms with van der Waals surface area (Å²) in [6, 6.07) is 5.11. The van der Waals surface area contributed by atoms with Crippen LogP contribution in [-0.2, 0) is 9.53 Å². The molecule has 0 aromatic heterocycles. The fourth-order valence-corrected chi connectivity index (χ4v) is 2.01. The molecule has 2 unspecified atom stereocenters. The van der Waals surface area contributed by atoms with Gasteiger partial charge in [-0.3, -0.25) is 4.79 Å². The molecule has 0 spiro atoms. The van der Waals surface area contributed by atoms with Crippen LogP contribution in [0.15, 0.2) is 18.2 Å². The second-order valence-electron chi connectivity index (χ2n) is 5.32. The van der Waals surface area contributed by atoms with Gasteiger partial charge in [-0.15, -0.1) is 0 Å². The number of nitrogens with one attached hydrogen (secondary N) is 1. The van der Waals surface area contributed by atoms with Gasteiger partial charge < -0.3 is 20.5 Å². The summed E-state index contributed by atoms with van der Waals surface area (Å²) in [6.45, 7) is 6.59. The Morgan fingerprint density at radius 3 is 2.71 bits per heavy atom. The number of amides is 1. The Kier molecular flexibility index (Phi) is 7.02. The smallest absolute Gasteiger partial charge is 0.253 e. The first-order chi connectivity index (χ1) is 9.97. The average molecular weight is 294 g/mol. The van der Waals surface area contributed by atoms with Crippen LogP contribution in [0.25, 0.3) is 0 Å². The minimum absolute atomic E-state index is 0.193. The van der Waals surface area contributed by atoms with Crippen LogP contribution in [0.4, 0.5) is 11.4 Å². The van der Waals surface area contributed by atoms with Gasteiger partial charge in [-0.1, -0.05) is 20.3 Å². The van der Waals surface area contributed by atoms with E-state index in [4.69, 9.17) is 15.2 Å². The third-order valence-corrected chi connectivity index (χ3v) is 3.26. The van der Waals surface area contributed by atoms with Crippen molar-refractivity contribution < 1.29 is 14.3 Å². The Balaban J connectivity index is 2.56. The lowest BCUT2D eigenvalue weighted by Gasteiger charge is -2.17. The maximum atomic E-state index is 12.1. The van der Waals surface area contributed by atoms with E-state index in [9.17, 15) is 4.79 Å². The number of anilines is 2. The van der Waals surface area contributed by atoms with Crippen LogP contribution in [0.2, 0.25) is 0 Å². The molecule has 5 nitrogen and oxygen atoms in total. The zero-order valence-corrected chi connectivity index (χ0v) is 13.3. The first-order valence-corrected chi connectivity index (χ1v) is 7.33. The largest absolute Gasteiger partial charge is 0.494 e. The molecule has 0 heterocycles. The summed E-state index contributed by atoms with van der Waals surface area (Å²) in [4.78, 5) is 12.1. The number of carbonyl (C=O) groups excluding carboxylic acids is 1. The lowest BCUT2D eigenvalue weighted by molar-refractivity contribution is -0.127. The lowest BCUT2D eigenvalue weighted by Crippen LogP contribution is -2.29. The maximum absolute atomic E-state index is 12.1. The Hall–Kier alpha value is -1.75. The molecule has 21 heavy (non-hydrogen) atoms. The SMILES string of the molecule is CCCC(C)COC(C)C(=O)Nc1ccc(N)cc1OC. The number of ether oxygens (including phenoxy) is 2. The molecule has 0 saturated heterocycles. The lowest BCUT2D eigenvalue weighted by atomic mass is 10.1. The molecule has 1 rings (SSSR count). The molecule has 1 aromatic rings. The van der Waals surface area contributed by atoms with Gasteiger partial charge in [0.2, 0.25) is 0 Å². The Bertz CT molecular complexity index is 463. The monoisotopic (exact) mass is 294 g/mol. The van der Waals surface area contributed by atoms with Crippen molar-refractivity contribution in [2.24, 2.45) is 5.92 Å². The van der Waals surface area contributed by atoms with Crippen LogP contribution < -0.4 is 15.8 Å². The summed E-state index contributed by atoms with van der Waals surface area (Å²) in [5.41, 5.74) is 6.86. The highest BCUT2D eigenvalue weighted by Crippen LogP contribution is 2.26. The Morgan fingerprint density at radius 2 is 2.10 bits per heavy atom. The molecule has 1 aromatic carbocycles. The summed E-state index contributed by atoms with van der Waals surface area (Å²) in [6.07, 6.45) is 1.71. The van der Waals surface area contributed by atoms with E-state index in [1.54, 1.807) is 25.1 Å². The Morgan fingerprint density at radius 1 is 1.38 bits per heavy atom. The Labute approximate surface area is 126 Å². The number of benzene rings is 1. The van der Waals surface area contributed by atoms with Gasteiger partial charge in [0.25, 0.3) is 5.91 Å². The third kappa shape index (κ3) is 5.63. The van der Waals surface area contributed by atoms with Crippen molar-refractivity contribution in [1.29, 1.82) is 0 Å². The van der Waals surface area contributed by atoms with E-state index in [0.717, 1.165) is 12.8 Å². The molecular weight excluding hydrogens is 268 g/mol. The van der Waals surface area contributed by atoms with Gasteiger partial charge in [0.15, 0.2) is 0 Å². The minimum Gasteiger partial charge on any atom is -0.494 e. The van der Waals surface area contributed by atoms with E-state index < -0.39 is 6.10 Å². The number of hydrogen-bond acceptors (Lipinski definition) is 4. The number of methoxy groups -OCH3 is 1. The van der Waals surface area contributed by atoms with Crippen molar-refractivity contribution >= 4 is 17.3 Å². The van der Waals surface area contributed by atoms with Gasteiger partial charge in [0.05, 0.1) is 19.4 Å². The van der Waals surface area contributed by atoms with E-state index in [2.05, 4.69) is 19.2 Å². The zero-order valence-electron chi connectivity index (χ0n) is 13.3. The number of rotatable bonds is 8. The van der Waals surface area contributed by atoms with E-state index in [1.165, 1.54) is 7.11 Å². The number of hydrogen-bond donors (Lipinski definition) is 2. The van der Waals surface area contributed by atoms with Gasteiger partial charge in [-0.2, -0.15) is 0 Å². The first kappa shape index (κ1) is 17.3. The van der Waals surface area contributed by atoms with Gasteiger partial charge >= 0.3 is 0 Å². The van der Waals surface area contributed by atoms with Crippen LogP contribution in [-0.4, -0.2) is 25.7 Å². The fourth-order valence-electron chi connectivity index (χ4n) is 2.01. The van der Waals surface area contributed by atoms with Crippen LogP contribution in [0, 0.1) is 5.92 Å². The summed E-state index contributed by atoms with van der Waals surface area (Å²) >= 11 is 0. The number of nitrogens with two attached hydrogens (primary N) is 1. The van der Waals surface area contributed by atoms with E-state index in [0.29, 0.717) is 29.6 Å². The predicted octanol–water partition coefficient (Wildman–Crippen LogP) is 3.06. The minimum atomic E-state index is -0.508. The molecule has 1 amide bonds. The van der Waals surface area contributed by atoms with Gasteiger partial charge in [0, 0.05) is 11.8 Å². The molecule has 118 valence electrons. The molecule has 0 saturated carbocycles. The van der Waals surface area contributed by atoms with Crippen molar-refractivity contribution in [3.05, 3.63) is 18.2 Å². The van der Waals surface area contributed by atoms with Crippen molar-refractivity contribution in [3.8, 4) is 5.75 Å². The standard InChI is InChI=1S/C16H26N2O3/c1-5-6-11(2)10-21-12(3)16(19)18-14-8-7-13(17)9-15(14)20-4/h7-9,11-12H,5-6,10,17H2,1-4H3,(H,18,19). The highest BCUT2D eigenvalue weighted by Gasteiger charge is 2.16. The normalized spacial score (nSPS) is 13.5. The van der Waals surface area contributed by atoms with Gasteiger partial charge in [-0.25, -0.2) is 0 Å². The highest BCUT2D eigenvalue weighted by atomic mass is 16.5. The topological polar surface area (TPSA) is 73.6 Å². The summed E-state index contributed by atoms with van der Waals surface area (Å²) < 4.78 is 10.8. The van der Waals surface area contributed by atoms with E-state index in [-0.39, 0.29) is 5.91 Å². The van der Waals surface area contributed by atoms with Crippen molar-refractivity contribution in [2.45, 2.75) is 39.7 Å². The van der Waals surface area contributed by atoms with Crippen LogP contribution in [0.1, 0.15) is 33.6 Å². The zero-order chi connectivity index (χ0) is 15.8. The second-order valence-corrected chi connectivity index (χ2v) is 5.32. The molecule has 0 aliphatic rings. The van der Waals surface area contributed by atoms with Crippen LogP contribution in [0.5, 0.6) is 5.75 Å². The second kappa shape index (κ2) is 8.52. The average Bonchev–Trinajstić information content (AvgIpc) is 2.46. The molecule has 0 bridgehead atoms. The van der Waals surface area contributed by atoms with Crippen LogP contribution >= 0.6 is 0 Å². The van der Waals surface area contributed by atoms with Gasteiger partial charge in [0.1, 0.15) is 11.9 Å². The first-order valence-electron chi connectivity index (χ1n) is 7.33. The van der Waals surface area contributed by atoms with E-state index >= 15 is 0 Å². The van der Waals surface area contributed by atoms with Crippen molar-refractivity contribution in [1.82, 2.24) is 0 Å². The third-order valence-electron chi connectivity index (χ3n) is 3.26. The number of nitrogen functional groups attached to an aromatic ring is 1. The predicted molar refractivity (Wildman–Crippen MR) is 85.5 cm³/mol. The van der Waals surface area contributed by atoms with Crippen molar-refractivity contribution in [3.63, 3.8) is 0 Å². The summed E-state index contributed by atoms with van der Waals surface area (Å²) in [5, 5.41) is 2.80. The molecule has 2 atom stereocenters. The van der Waals surface area contributed by atoms with Crippen molar-refractivity contribution in [2.75, 3.05) is 24.8 Å². The maximum Gasteiger partial charge on any atom is 0.253 e. The molecule has 0 radical (unpaired) electrons. The fraction of sp³-hybridized carbons (Fsp3) is 0.562. The molecule has 5 heteroatoms. The molecular formula is C16H26N2O3.